The van der Waals surface area contributed by atoms with Crippen molar-refractivity contribution in [3.63, 3.8) is 0 Å². The largest absolute Gasteiger partial charge is 0.495 e. The number of methoxy groups -OCH3 is 1. The molecule has 1 aliphatic rings. The lowest BCUT2D eigenvalue weighted by Crippen LogP contribution is -2.38. The summed E-state index contributed by atoms with van der Waals surface area (Å²) >= 11 is 0. The van der Waals surface area contributed by atoms with Crippen LogP contribution < -0.4 is 10.5 Å². The van der Waals surface area contributed by atoms with Crippen molar-refractivity contribution >= 4 is 11.9 Å². The first kappa shape index (κ1) is 26.7. The maximum Gasteiger partial charge on any atom is 0.310 e. The van der Waals surface area contributed by atoms with Crippen LogP contribution in [-0.4, -0.2) is 48.1 Å². The molecule has 0 bridgehead atoms. The Balaban J connectivity index is 1.40. The third-order valence-electron chi connectivity index (χ3n) is 7.76. The maximum absolute atomic E-state index is 12.3. The molecule has 0 aliphatic heterocycles. The van der Waals surface area contributed by atoms with Crippen molar-refractivity contribution < 1.29 is 14.6 Å². The molecule has 5 rings (SSSR count). The van der Waals surface area contributed by atoms with Gasteiger partial charge in [0.05, 0.1) is 47.9 Å². The number of nitrogens with zero attached hydrogens (tertiary/aromatic N) is 7. The molecular formula is C29H30N8O3. The fourth-order valence-electron chi connectivity index (χ4n) is 5.57. The highest BCUT2D eigenvalue weighted by Gasteiger charge is 2.45. The van der Waals surface area contributed by atoms with Gasteiger partial charge in [-0.1, -0.05) is 43.5 Å². The van der Waals surface area contributed by atoms with E-state index in [1.54, 1.807) is 35.1 Å². The first-order valence-corrected chi connectivity index (χ1v) is 13.2. The summed E-state index contributed by atoms with van der Waals surface area (Å²) < 4.78 is 7.11. The van der Waals surface area contributed by atoms with E-state index in [9.17, 15) is 15.2 Å². The zero-order valence-electron chi connectivity index (χ0n) is 22.4. The minimum atomic E-state index is -0.787. The molecule has 204 valence electrons. The Morgan fingerprint density at radius 3 is 2.60 bits per heavy atom. The third kappa shape index (κ3) is 5.08. The molecule has 1 aliphatic carbocycles. The highest BCUT2D eigenvalue weighted by atomic mass is 16.5. The molecule has 0 unspecified atom stereocenters. The van der Waals surface area contributed by atoms with E-state index in [0.717, 1.165) is 30.7 Å². The Morgan fingerprint density at radius 2 is 1.88 bits per heavy atom. The van der Waals surface area contributed by atoms with Crippen molar-refractivity contribution in [3.8, 4) is 34.5 Å². The van der Waals surface area contributed by atoms with E-state index in [4.69, 9.17) is 15.5 Å². The van der Waals surface area contributed by atoms with E-state index in [1.807, 2.05) is 25.1 Å². The number of benzene rings is 1. The van der Waals surface area contributed by atoms with Gasteiger partial charge in [0.25, 0.3) is 0 Å². The number of nitriles is 1. The monoisotopic (exact) mass is 538 g/mol. The number of anilines is 1. The second-order valence-electron chi connectivity index (χ2n) is 10.1. The smallest absolute Gasteiger partial charge is 0.310 e. The molecule has 3 heterocycles. The molecular weight excluding hydrogens is 508 g/mol. The Morgan fingerprint density at radius 1 is 1.12 bits per heavy atom. The summed E-state index contributed by atoms with van der Waals surface area (Å²) in [6, 6.07) is 14.8. The summed E-state index contributed by atoms with van der Waals surface area (Å²) in [5, 5.41) is 28.1. The maximum atomic E-state index is 12.3. The first-order chi connectivity index (χ1) is 19.3. The number of pyridine rings is 1. The average Bonchev–Trinajstić information content (AvgIpc) is 3.44. The second kappa shape index (κ2) is 11.1. The molecule has 3 N–H and O–H groups in total. The lowest BCUT2D eigenvalue weighted by Gasteiger charge is -2.38. The molecule has 1 atom stereocenters. The van der Waals surface area contributed by atoms with Crippen LogP contribution in [0.1, 0.15) is 61.9 Å². The van der Waals surface area contributed by atoms with Gasteiger partial charge in [0.15, 0.2) is 0 Å². The van der Waals surface area contributed by atoms with Crippen molar-refractivity contribution in [2.75, 3.05) is 12.8 Å². The SMILES string of the molecule is COc1c(C#N)cccc1-c1cc(-c2cn(Cc3cccc([C@@H](C)C4(C(=O)O)CCCCC4)n3)nn2)nc(N)n1. The number of nitrogen functional groups attached to an aromatic ring is 1. The Hall–Kier alpha value is -4.85. The average molecular weight is 539 g/mol. The van der Waals surface area contributed by atoms with Gasteiger partial charge in [0.2, 0.25) is 5.95 Å². The van der Waals surface area contributed by atoms with Gasteiger partial charge >= 0.3 is 5.97 Å². The summed E-state index contributed by atoms with van der Waals surface area (Å²) in [6.07, 6.45) is 5.99. The zero-order valence-corrected chi connectivity index (χ0v) is 22.4. The number of aromatic nitrogens is 6. The van der Waals surface area contributed by atoms with Gasteiger partial charge in [-0.05, 0) is 43.2 Å². The van der Waals surface area contributed by atoms with Crippen molar-refractivity contribution in [1.82, 2.24) is 29.9 Å². The number of hydrogen-bond donors (Lipinski definition) is 2. The predicted octanol–water partition coefficient (Wildman–Crippen LogP) is 4.45. The van der Waals surface area contributed by atoms with Crippen LogP contribution in [0.3, 0.4) is 0 Å². The molecule has 0 saturated heterocycles. The summed E-state index contributed by atoms with van der Waals surface area (Å²) in [5.74, 6) is -0.510. The number of hydrogen-bond acceptors (Lipinski definition) is 9. The lowest BCUT2D eigenvalue weighted by molar-refractivity contribution is -0.152. The highest BCUT2D eigenvalue weighted by Crippen LogP contribution is 2.47. The minimum Gasteiger partial charge on any atom is -0.495 e. The van der Waals surface area contributed by atoms with Crippen LogP contribution in [0, 0.1) is 16.7 Å². The molecule has 3 aromatic heterocycles. The number of nitrogens with two attached hydrogens (primary N) is 1. The molecule has 0 amide bonds. The van der Waals surface area contributed by atoms with E-state index in [2.05, 4.69) is 26.3 Å². The quantitative estimate of drug-likeness (QED) is 0.327. The Bertz CT molecular complexity index is 1590. The van der Waals surface area contributed by atoms with Gasteiger partial charge in [0.1, 0.15) is 17.5 Å². The van der Waals surface area contributed by atoms with Crippen LogP contribution in [0.2, 0.25) is 0 Å². The van der Waals surface area contributed by atoms with Gasteiger partial charge in [-0.25, -0.2) is 14.6 Å². The third-order valence-corrected chi connectivity index (χ3v) is 7.76. The first-order valence-electron chi connectivity index (χ1n) is 13.2. The fraction of sp³-hybridized carbons (Fsp3) is 0.345. The standard InChI is InChI=1S/C29H30N8O3/c1-18(29(27(38)39)12-4-3-5-13-29)22-11-7-9-20(32-22)16-37-17-25(35-36-37)24-14-23(33-28(31)34-24)21-10-6-8-19(15-30)26(21)40-2/h6-11,14,17-18H,3-5,12-13,16H2,1-2H3,(H,38,39)(H2,31,33,34)/t18-/m1/s1. The van der Waals surface area contributed by atoms with Crippen molar-refractivity contribution in [3.05, 3.63) is 65.6 Å². The number of aliphatic carboxylic acids is 1. The molecule has 1 fully saturated rings. The van der Waals surface area contributed by atoms with Crippen LogP contribution in [0.4, 0.5) is 5.95 Å². The number of carboxylic acids is 1. The molecule has 40 heavy (non-hydrogen) atoms. The lowest BCUT2D eigenvalue weighted by atomic mass is 9.65. The minimum absolute atomic E-state index is 0.0462. The molecule has 4 aromatic rings. The number of rotatable bonds is 8. The number of carboxylic acid groups (broad SMARTS) is 1. The van der Waals surface area contributed by atoms with Crippen molar-refractivity contribution in [2.24, 2.45) is 5.41 Å². The van der Waals surface area contributed by atoms with Gasteiger partial charge in [-0.3, -0.25) is 9.78 Å². The fourth-order valence-corrected chi connectivity index (χ4v) is 5.57. The van der Waals surface area contributed by atoms with Gasteiger partial charge in [-0.2, -0.15) is 5.26 Å². The van der Waals surface area contributed by atoms with E-state index < -0.39 is 11.4 Å². The zero-order chi connectivity index (χ0) is 28.3. The van der Waals surface area contributed by atoms with Gasteiger partial charge < -0.3 is 15.6 Å². The Labute approximate surface area is 231 Å². The molecule has 11 nitrogen and oxygen atoms in total. The number of ether oxygens (including phenoxy) is 1. The Kier molecular flexibility index (Phi) is 7.42. The summed E-state index contributed by atoms with van der Waals surface area (Å²) in [6.45, 7) is 2.32. The van der Waals surface area contributed by atoms with Crippen LogP contribution in [0.15, 0.2) is 48.7 Å². The van der Waals surface area contributed by atoms with Crippen LogP contribution in [-0.2, 0) is 11.3 Å². The van der Waals surface area contributed by atoms with Crippen molar-refractivity contribution in [2.45, 2.75) is 51.5 Å². The van der Waals surface area contributed by atoms with Gasteiger partial charge in [0, 0.05) is 17.2 Å². The summed E-state index contributed by atoms with van der Waals surface area (Å²) in [5.41, 5.74) is 9.19. The number of carbonyl (C=O) groups is 1. The predicted molar refractivity (Wildman–Crippen MR) is 147 cm³/mol. The van der Waals surface area contributed by atoms with Crippen LogP contribution in [0.5, 0.6) is 5.75 Å². The molecule has 0 spiro atoms. The summed E-state index contributed by atoms with van der Waals surface area (Å²) in [7, 11) is 1.50. The van der Waals surface area contributed by atoms with E-state index in [1.165, 1.54) is 7.11 Å². The summed E-state index contributed by atoms with van der Waals surface area (Å²) in [4.78, 5) is 25.8. The van der Waals surface area contributed by atoms with Gasteiger partial charge in [-0.15, -0.1) is 5.10 Å². The van der Waals surface area contributed by atoms with Crippen molar-refractivity contribution in [1.29, 1.82) is 5.26 Å². The topological polar surface area (TPSA) is 166 Å². The molecule has 11 heteroatoms. The highest BCUT2D eigenvalue weighted by molar-refractivity contribution is 5.76. The van der Waals surface area contributed by atoms with E-state index >= 15 is 0 Å². The normalized spacial score (nSPS) is 15.2. The van der Waals surface area contributed by atoms with E-state index in [0.29, 0.717) is 53.3 Å². The molecule has 0 radical (unpaired) electrons. The molecule has 1 aromatic carbocycles. The van der Waals surface area contributed by atoms with Crippen LogP contribution in [0.25, 0.3) is 22.6 Å². The van der Waals surface area contributed by atoms with E-state index in [-0.39, 0.29) is 11.9 Å². The number of para-hydroxylation sites is 1. The second-order valence-corrected chi connectivity index (χ2v) is 10.1. The van der Waals surface area contributed by atoms with Crippen LogP contribution >= 0.6 is 0 Å². The molecule has 1 saturated carbocycles.